The number of nitrogens with one attached hydrogen (secondary N) is 1. The summed E-state index contributed by atoms with van der Waals surface area (Å²) < 4.78 is 32.6. The fourth-order valence-electron chi connectivity index (χ4n) is 3.16. The number of piperidine rings is 1. The molecule has 0 saturated carbocycles. The number of aromatic nitrogens is 1. The van der Waals surface area contributed by atoms with Crippen molar-refractivity contribution in [3.8, 4) is 0 Å². The van der Waals surface area contributed by atoms with Crippen LogP contribution in [0.1, 0.15) is 12.8 Å². The summed E-state index contributed by atoms with van der Waals surface area (Å²) in [6.07, 6.45) is 1.17. The highest BCUT2D eigenvalue weighted by Crippen LogP contribution is 2.27. The van der Waals surface area contributed by atoms with Gasteiger partial charge in [-0.05, 0) is 37.1 Å². The molecule has 1 fully saturated rings. The van der Waals surface area contributed by atoms with Crippen LogP contribution in [0.25, 0.3) is 11.1 Å². The third-order valence-electron chi connectivity index (χ3n) is 4.61. The van der Waals surface area contributed by atoms with E-state index < -0.39 is 11.6 Å². The molecule has 2 heterocycles. The molecule has 3 aromatic rings. The molecule has 0 atom stereocenters. The maximum absolute atomic E-state index is 13.7. The first kappa shape index (κ1) is 16.5. The number of amides is 1. The molecule has 7 heteroatoms. The Morgan fingerprint density at radius 2 is 1.92 bits per heavy atom. The largest absolute Gasteiger partial charge is 0.423 e. The van der Waals surface area contributed by atoms with Gasteiger partial charge in [0, 0.05) is 25.1 Å². The minimum atomic E-state index is -0.649. The van der Waals surface area contributed by atoms with Crippen molar-refractivity contribution >= 4 is 28.7 Å². The molecule has 0 aliphatic carbocycles. The van der Waals surface area contributed by atoms with Gasteiger partial charge in [-0.25, -0.2) is 8.78 Å². The Balaban J connectivity index is 1.39. The predicted molar refractivity (Wildman–Crippen MR) is 93.9 cm³/mol. The number of oxazole rings is 1. The van der Waals surface area contributed by atoms with Gasteiger partial charge in [0.05, 0.1) is 5.69 Å². The molecule has 0 spiro atoms. The molecule has 1 aliphatic heterocycles. The van der Waals surface area contributed by atoms with Crippen LogP contribution in [-0.4, -0.2) is 24.0 Å². The lowest BCUT2D eigenvalue weighted by atomic mass is 9.96. The number of carbonyl (C=O) groups is 1. The fourth-order valence-corrected chi connectivity index (χ4v) is 3.16. The van der Waals surface area contributed by atoms with E-state index in [0.29, 0.717) is 31.9 Å². The van der Waals surface area contributed by atoms with E-state index in [-0.39, 0.29) is 17.5 Å². The summed E-state index contributed by atoms with van der Waals surface area (Å²) in [5, 5.41) is 2.49. The number of anilines is 2. The quantitative estimate of drug-likeness (QED) is 0.771. The first-order valence-corrected chi connectivity index (χ1v) is 8.46. The summed E-state index contributed by atoms with van der Waals surface area (Å²) in [7, 11) is 0. The van der Waals surface area contributed by atoms with E-state index in [2.05, 4.69) is 10.3 Å². The van der Waals surface area contributed by atoms with Crippen LogP contribution in [0.5, 0.6) is 0 Å². The van der Waals surface area contributed by atoms with E-state index >= 15 is 0 Å². The molecule has 1 aliphatic rings. The standard InChI is InChI=1S/C19H17F2N3O2/c20-13-5-6-14(21)16(11-13)22-18(25)12-7-9-24(10-8-12)19-23-15-3-1-2-4-17(15)26-19/h1-6,11-12H,7-10H2,(H,22,25). The summed E-state index contributed by atoms with van der Waals surface area (Å²) in [4.78, 5) is 18.8. The number of carbonyl (C=O) groups excluding carboxylic acids is 1. The zero-order valence-corrected chi connectivity index (χ0v) is 13.9. The molecule has 0 radical (unpaired) electrons. The van der Waals surface area contributed by atoms with Crippen LogP contribution in [-0.2, 0) is 4.79 Å². The maximum atomic E-state index is 13.7. The predicted octanol–water partition coefficient (Wildman–Crippen LogP) is 3.96. The molecule has 5 nitrogen and oxygen atoms in total. The number of hydrogen-bond acceptors (Lipinski definition) is 4. The van der Waals surface area contributed by atoms with Crippen molar-refractivity contribution in [2.24, 2.45) is 5.92 Å². The Morgan fingerprint density at radius 3 is 2.69 bits per heavy atom. The zero-order chi connectivity index (χ0) is 18.1. The minimum absolute atomic E-state index is 0.128. The molecule has 134 valence electrons. The van der Waals surface area contributed by atoms with E-state index in [4.69, 9.17) is 4.42 Å². The van der Waals surface area contributed by atoms with Gasteiger partial charge in [-0.15, -0.1) is 0 Å². The van der Waals surface area contributed by atoms with Gasteiger partial charge in [0.15, 0.2) is 5.58 Å². The Morgan fingerprint density at radius 1 is 1.15 bits per heavy atom. The molecular weight excluding hydrogens is 340 g/mol. The first-order chi connectivity index (χ1) is 12.6. The number of fused-ring (bicyclic) bond motifs is 1. The van der Waals surface area contributed by atoms with Gasteiger partial charge in [0.1, 0.15) is 17.2 Å². The van der Waals surface area contributed by atoms with Gasteiger partial charge in [0.2, 0.25) is 5.91 Å². The number of rotatable bonds is 3. The van der Waals surface area contributed by atoms with E-state index in [1.165, 1.54) is 0 Å². The highest BCUT2D eigenvalue weighted by molar-refractivity contribution is 5.92. The Hall–Kier alpha value is -2.96. The smallest absolute Gasteiger partial charge is 0.298 e. The molecule has 0 unspecified atom stereocenters. The average molecular weight is 357 g/mol. The maximum Gasteiger partial charge on any atom is 0.298 e. The molecular formula is C19H17F2N3O2. The molecule has 1 aromatic heterocycles. The summed E-state index contributed by atoms with van der Waals surface area (Å²) in [6.45, 7) is 1.22. The number of para-hydroxylation sites is 2. The number of nitrogens with zero attached hydrogens (tertiary/aromatic N) is 2. The fraction of sp³-hybridized carbons (Fsp3) is 0.263. The van der Waals surface area contributed by atoms with Crippen LogP contribution in [0.2, 0.25) is 0 Å². The van der Waals surface area contributed by atoms with E-state index in [9.17, 15) is 13.6 Å². The van der Waals surface area contributed by atoms with Gasteiger partial charge in [0.25, 0.3) is 6.01 Å². The van der Waals surface area contributed by atoms with Crippen molar-refractivity contribution < 1.29 is 18.0 Å². The van der Waals surface area contributed by atoms with Crippen molar-refractivity contribution in [1.29, 1.82) is 0 Å². The number of benzene rings is 2. The summed E-state index contributed by atoms with van der Waals surface area (Å²) in [5.41, 5.74) is 1.39. The second kappa shape index (κ2) is 6.74. The van der Waals surface area contributed by atoms with Gasteiger partial charge in [-0.1, -0.05) is 12.1 Å². The third kappa shape index (κ3) is 3.24. The van der Waals surface area contributed by atoms with Gasteiger partial charge >= 0.3 is 0 Å². The van der Waals surface area contributed by atoms with Crippen LogP contribution in [0.3, 0.4) is 0 Å². The lowest BCUT2D eigenvalue weighted by Crippen LogP contribution is -2.38. The van der Waals surface area contributed by atoms with Crippen molar-refractivity contribution in [3.63, 3.8) is 0 Å². The highest BCUT2D eigenvalue weighted by Gasteiger charge is 2.27. The summed E-state index contributed by atoms with van der Waals surface area (Å²) in [5.74, 6) is -1.80. The molecule has 4 rings (SSSR count). The van der Waals surface area contributed by atoms with Crippen LogP contribution >= 0.6 is 0 Å². The van der Waals surface area contributed by atoms with Crippen LogP contribution in [0.15, 0.2) is 46.9 Å². The summed E-state index contributed by atoms with van der Waals surface area (Å²) >= 11 is 0. The van der Waals surface area contributed by atoms with Gasteiger partial charge in [-0.3, -0.25) is 4.79 Å². The van der Waals surface area contributed by atoms with Crippen LogP contribution in [0, 0.1) is 17.6 Å². The molecule has 0 bridgehead atoms. The van der Waals surface area contributed by atoms with E-state index in [1.54, 1.807) is 0 Å². The second-order valence-electron chi connectivity index (χ2n) is 6.34. The average Bonchev–Trinajstić information content (AvgIpc) is 3.09. The topological polar surface area (TPSA) is 58.4 Å². The number of halogens is 2. The van der Waals surface area contributed by atoms with Gasteiger partial charge < -0.3 is 14.6 Å². The monoisotopic (exact) mass is 357 g/mol. The third-order valence-corrected chi connectivity index (χ3v) is 4.61. The van der Waals surface area contributed by atoms with Crippen molar-refractivity contribution in [2.45, 2.75) is 12.8 Å². The summed E-state index contributed by atoms with van der Waals surface area (Å²) in [6, 6.07) is 11.1. The van der Waals surface area contributed by atoms with Crippen molar-refractivity contribution in [1.82, 2.24) is 4.98 Å². The molecule has 1 saturated heterocycles. The molecule has 2 aromatic carbocycles. The minimum Gasteiger partial charge on any atom is -0.423 e. The molecule has 26 heavy (non-hydrogen) atoms. The Bertz CT molecular complexity index is 916. The van der Waals surface area contributed by atoms with Crippen LogP contribution in [0.4, 0.5) is 20.5 Å². The normalized spacial score (nSPS) is 15.4. The van der Waals surface area contributed by atoms with E-state index in [1.807, 2.05) is 29.2 Å². The lowest BCUT2D eigenvalue weighted by Gasteiger charge is -2.30. The molecule has 1 N–H and O–H groups in total. The van der Waals surface area contributed by atoms with Crippen LogP contribution < -0.4 is 10.2 Å². The van der Waals surface area contributed by atoms with Crippen molar-refractivity contribution in [2.75, 3.05) is 23.3 Å². The Kier molecular flexibility index (Phi) is 4.28. The van der Waals surface area contributed by atoms with E-state index in [0.717, 1.165) is 29.3 Å². The molecule has 1 amide bonds. The van der Waals surface area contributed by atoms with Gasteiger partial charge in [-0.2, -0.15) is 4.98 Å². The first-order valence-electron chi connectivity index (χ1n) is 8.46. The zero-order valence-electron chi connectivity index (χ0n) is 13.9. The lowest BCUT2D eigenvalue weighted by molar-refractivity contribution is -0.120. The SMILES string of the molecule is O=C(Nc1cc(F)ccc1F)C1CCN(c2nc3ccccc3o2)CC1. The number of hydrogen-bond donors (Lipinski definition) is 1. The highest BCUT2D eigenvalue weighted by atomic mass is 19.1. The van der Waals surface area contributed by atoms with Crippen molar-refractivity contribution in [3.05, 3.63) is 54.1 Å². The second-order valence-corrected chi connectivity index (χ2v) is 6.34. The Labute approximate surface area is 148 Å².